The van der Waals surface area contributed by atoms with Gasteiger partial charge in [0.1, 0.15) is 12.1 Å². The van der Waals surface area contributed by atoms with Crippen LogP contribution in [0.1, 0.15) is 18.5 Å². The van der Waals surface area contributed by atoms with Crippen molar-refractivity contribution in [1.82, 2.24) is 29.7 Å². The maximum atomic E-state index is 12.1. The Bertz CT molecular complexity index is 1150. The third-order valence-corrected chi connectivity index (χ3v) is 6.04. The van der Waals surface area contributed by atoms with E-state index in [2.05, 4.69) is 36.1 Å². The topological polar surface area (TPSA) is 116 Å². The Morgan fingerprint density at radius 3 is 2.67 bits per heavy atom. The first-order chi connectivity index (χ1) is 15.8. The number of nitrogen functional groups attached to an aromatic ring is 1. The number of halogens is 1. The molecule has 2 aromatic heterocycles. The van der Waals surface area contributed by atoms with E-state index in [1.165, 1.54) is 6.33 Å². The zero-order chi connectivity index (χ0) is 23.5. The molecule has 0 bridgehead atoms. The quantitative estimate of drug-likeness (QED) is 0.559. The van der Waals surface area contributed by atoms with E-state index < -0.39 is 0 Å². The molecule has 3 N–H and O–H groups in total. The highest BCUT2D eigenvalue weighted by Gasteiger charge is 2.25. The number of pyridine rings is 1. The second-order valence-electron chi connectivity index (χ2n) is 8.30. The fourth-order valence-corrected chi connectivity index (χ4v) is 4.07. The number of benzene rings is 1. The second-order valence-corrected chi connectivity index (χ2v) is 8.70. The number of likely N-dealkylation sites (N-methyl/N-ethyl adjacent to an activating group) is 1. The first-order valence-corrected chi connectivity index (χ1v) is 11.2. The SMILES string of the molecule is C[C@H](Nc1ncnc(N)n1)c1cc2cccc(Cl)c2nc1N1CCN(CC(=O)N(C)C)CC1. The predicted molar refractivity (Wildman–Crippen MR) is 130 cm³/mol. The van der Waals surface area contributed by atoms with Gasteiger partial charge in [0.25, 0.3) is 0 Å². The van der Waals surface area contributed by atoms with Gasteiger partial charge in [-0.05, 0) is 19.1 Å². The summed E-state index contributed by atoms with van der Waals surface area (Å²) in [5.41, 5.74) is 7.47. The van der Waals surface area contributed by atoms with Crippen LogP contribution in [0.4, 0.5) is 17.7 Å². The number of anilines is 3. The lowest BCUT2D eigenvalue weighted by Gasteiger charge is -2.37. The molecule has 1 aromatic carbocycles. The molecule has 4 rings (SSSR count). The van der Waals surface area contributed by atoms with Crippen molar-refractivity contribution in [2.75, 3.05) is 62.8 Å². The summed E-state index contributed by atoms with van der Waals surface area (Å²) >= 11 is 6.47. The Labute approximate surface area is 197 Å². The van der Waals surface area contributed by atoms with Crippen molar-refractivity contribution in [3.8, 4) is 0 Å². The average molecular weight is 470 g/mol. The molecule has 1 aliphatic rings. The number of amides is 1. The number of carbonyl (C=O) groups is 1. The zero-order valence-corrected chi connectivity index (χ0v) is 19.7. The molecule has 10 nitrogen and oxygen atoms in total. The highest BCUT2D eigenvalue weighted by Crippen LogP contribution is 2.33. The van der Waals surface area contributed by atoms with E-state index in [0.717, 1.165) is 48.5 Å². The van der Waals surface area contributed by atoms with Crippen molar-refractivity contribution in [2.24, 2.45) is 0 Å². The van der Waals surface area contributed by atoms with Crippen LogP contribution in [0.5, 0.6) is 0 Å². The maximum Gasteiger partial charge on any atom is 0.236 e. The Balaban J connectivity index is 1.62. The molecule has 33 heavy (non-hydrogen) atoms. The minimum Gasteiger partial charge on any atom is -0.368 e. The van der Waals surface area contributed by atoms with Crippen molar-refractivity contribution >= 4 is 46.1 Å². The van der Waals surface area contributed by atoms with E-state index >= 15 is 0 Å². The summed E-state index contributed by atoms with van der Waals surface area (Å²) in [4.78, 5) is 35.3. The van der Waals surface area contributed by atoms with Crippen LogP contribution in [0.25, 0.3) is 10.9 Å². The molecule has 1 aliphatic heterocycles. The van der Waals surface area contributed by atoms with E-state index in [0.29, 0.717) is 17.5 Å². The van der Waals surface area contributed by atoms with Gasteiger partial charge in [0.15, 0.2) is 0 Å². The number of nitrogens with two attached hydrogens (primary N) is 1. The predicted octanol–water partition coefficient (Wildman–Crippen LogP) is 2.04. The Kier molecular flexibility index (Phi) is 6.75. The van der Waals surface area contributed by atoms with Crippen LogP contribution in [0.2, 0.25) is 5.02 Å². The lowest BCUT2D eigenvalue weighted by molar-refractivity contribution is -0.129. The Morgan fingerprint density at radius 2 is 1.97 bits per heavy atom. The number of nitrogens with one attached hydrogen (secondary N) is 1. The first kappa shape index (κ1) is 22.9. The number of carbonyl (C=O) groups excluding carboxylic acids is 1. The average Bonchev–Trinajstić information content (AvgIpc) is 2.79. The summed E-state index contributed by atoms with van der Waals surface area (Å²) in [6, 6.07) is 7.72. The molecule has 0 radical (unpaired) electrons. The summed E-state index contributed by atoms with van der Waals surface area (Å²) in [6.45, 7) is 5.50. The molecule has 0 spiro atoms. The fraction of sp³-hybridized carbons (Fsp3) is 0.409. The van der Waals surface area contributed by atoms with Gasteiger partial charge >= 0.3 is 0 Å². The highest BCUT2D eigenvalue weighted by molar-refractivity contribution is 6.35. The molecule has 0 saturated carbocycles. The van der Waals surface area contributed by atoms with Gasteiger partial charge in [-0.25, -0.2) is 15.0 Å². The van der Waals surface area contributed by atoms with E-state index in [1.54, 1.807) is 19.0 Å². The number of para-hydroxylation sites is 1. The standard InChI is InChI=1S/C22H28ClN9O/c1-14(27-22-26-13-25-21(24)29-22)16-11-15-5-4-6-17(23)19(15)28-20(16)32-9-7-31(8-10-32)12-18(33)30(2)3/h4-6,11,13-14H,7-10,12H2,1-3H3,(H3,24,25,26,27,29)/t14-/m0/s1. The van der Waals surface area contributed by atoms with Gasteiger partial charge in [0.05, 0.1) is 23.1 Å². The number of rotatable bonds is 6. The van der Waals surface area contributed by atoms with Crippen molar-refractivity contribution in [3.05, 3.63) is 41.2 Å². The first-order valence-electron chi connectivity index (χ1n) is 10.8. The molecule has 1 fully saturated rings. The van der Waals surface area contributed by atoms with Crippen molar-refractivity contribution < 1.29 is 4.79 Å². The van der Waals surface area contributed by atoms with Gasteiger partial charge in [-0.15, -0.1) is 0 Å². The van der Waals surface area contributed by atoms with E-state index in [9.17, 15) is 4.79 Å². The minimum absolute atomic E-state index is 0.106. The summed E-state index contributed by atoms with van der Waals surface area (Å²) in [7, 11) is 3.56. The number of nitrogens with zero attached hydrogens (tertiary/aromatic N) is 7. The minimum atomic E-state index is -0.147. The molecule has 0 aliphatic carbocycles. The normalized spacial score (nSPS) is 15.5. The number of aromatic nitrogens is 4. The number of piperazine rings is 1. The van der Waals surface area contributed by atoms with Crippen LogP contribution in [0, 0.1) is 0 Å². The van der Waals surface area contributed by atoms with Gasteiger partial charge < -0.3 is 20.9 Å². The molecule has 1 saturated heterocycles. The molecular weight excluding hydrogens is 442 g/mol. The molecule has 3 heterocycles. The summed E-state index contributed by atoms with van der Waals surface area (Å²) in [6.07, 6.45) is 1.38. The van der Waals surface area contributed by atoms with Crippen molar-refractivity contribution in [2.45, 2.75) is 13.0 Å². The third kappa shape index (κ3) is 5.23. The van der Waals surface area contributed by atoms with Crippen LogP contribution in [0.3, 0.4) is 0 Å². The third-order valence-electron chi connectivity index (χ3n) is 5.74. The fourth-order valence-electron chi connectivity index (χ4n) is 3.84. The van der Waals surface area contributed by atoms with Crippen molar-refractivity contribution in [3.63, 3.8) is 0 Å². The molecule has 174 valence electrons. The highest BCUT2D eigenvalue weighted by atomic mass is 35.5. The Morgan fingerprint density at radius 1 is 1.21 bits per heavy atom. The van der Waals surface area contributed by atoms with Gasteiger partial charge in [-0.3, -0.25) is 9.69 Å². The number of hydrogen-bond donors (Lipinski definition) is 2. The van der Waals surface area contributed by atoms with Crippen LogP contribution in [0.15, 0.2) is 30.6 Å². The molecule has 11 heteroatoms. The smallest absolute Gasteiger partial charge is 0.236 e. The van der Waals surface area contributed by atoms with Crippen molar-refractivity contribution in [1.29, 1.82) is 0 Å². The summed E-state index contributed by atoms with van der Waals surface area (Å²) < 4.78 is 0. The number of fused-ring (bicyclic) bond motifs is 1. The Hall–Kier alpha value is -3.24. The summed E-state index contributed by atoms with van der Waals surface area (Å²) in [5.74, 6) is 1.52. The molecule has 1 atom stereocenters. The van der Waals surface area contributed by atoms with Gasteiger partial charge in [-0.2, -0.15) is 4.98 Å². The number of hydrogen-bond acceptors (Lipinski definition) is 9. The van der Waals surface area contributed by atoms with Gasteiger partial charge in [-0.1, -0.05) is 23.7 Å². The lowest BCUT2D eigenvalue weighted by atomic mass is 10.0. The van der Waals surface area contributed by atoms with E-state index in [4.69, 9.17) is 22.3 Å². The molecule has 3 aromatic rings. The molecule has 1 amide bonds. The summed E-state index contributed by atoms with van der Waals surface area (Å²) in [5, 5.41) is 4.87. The van der Waals surface area contributed by atoms with Crippen LogP contribution in [-0.4, -0.2) is 82.5 Å². The van der Waals surface area contributed by atoms with Gasteiger partial charge in [0, 0.05) is 51.2 Å². The monoisotopic (exact) mass is 469 g/mol. The molecular formula is C22H28ClN9O. The second kappa shape index (κ2) is 9.72. The zero-order valence-electron chi connectivity index (χ0n) is 19.0. The largest absolute Gasteiger partial charge is 0.368 e. The lowest BCUT2D eigenvalue weighted by Crippen LogP contribution is -2.49. The maximum absolute atomic E-state index is 12.1. The van der Waals surface area contributed by atoms with E-state index in [-0.39, 0.29) is 17.9 Å². The van der Waals surface area contributed by atoms with Gasteiger partial charge in [0.2, 0.25) is 17.8 Å². The van der Waals surface area contributed by atoms with Crippen LogP contribution in [-0.2, 0) is 4.79 Å². The van der Waals surface area contributed by atoms with E-state index in [1.807, 2.05) is 25.1 Å². The molecule has 0 unspecified atom stereocenters. The van der Waals surface area contributed by atoms with Crippen LogP contribution >= 0.6 is 11.6 Å². The van der Waals surface area contributed by atoms with Crippen LogP contribution < -0.4 is 16.0 Å².